The molecule has 0 N–H and O–H groups in total. The molecular weight excluding hydrogens is 314 g/mol. The van der Waals surface area contributed by atoms with E-state index in [-0.39, 0.29) is 18.2 Å². The Bertz CT molecular complexity index is 677. The Balaban J connectivity index is 1.64. The molecule has 0 aromatic heterocycles. The fraction of sp³-hybridized carbons (Fsp3) is 0.444. The molecule has 1 saturated carbocycles. The van der Waals surface area contributed by atoms with Crippen LogP contribution >= 0.6 is 0 Å². The molecule has 1 aromatic carbocycles. The van der Waals surface area contributed by atoms with Gasteiger partial charge in [0, 0.05) is 43.2 Å². The summed E-state index contributed by atoms with van der Waals surface area (Å²) in [7, 11) is 1.63. The molecule has 2 aliphatic rings. The van der Waals surface area contributed by atoms with Crippen LogP contribution in [0.15, 0.2) is 36.9 Å². The summed E-state index contributed by atoms with van der Waals surface area (Å²) in [4.78, 5) is 27.1. The molecule has 1 aliphatic carbocycles. The molecule has 6 heteroatoms. The van der Waals surface area contributed by atoms with E-state index in [4.69, 9.17) is 0 Å². The fourth-order valence-corrected chi connectivity index (χ4v) is 3.34. The van der Waals surface area contributed by atoms with Gasteiger partial charge in [0.2, 0.25) is 5.91 Å². The highest BCUT2D eigenvalue weighted by Crippen LogP contribution is 2.65. The zero-order valence-corrected chi connectivity index (χ0v) is 13.6. The number of likely N-dealkylation sites (N-methyl/N-ethyl adjacent to an activating group) is 1. The van der Waals surface area contributed by atoms with Crippen LogP contribution in [0.3, 0.4) is 0 Å². The van der Waals surface area contributed by atoms with Crippen LogP contribution < -0.4 is 4.90 Å². The highest BCUT2D eigenvalue weighted by Gasteiger charge is 2.70. The lowest BCUT2D eigenvalue weighted by Gasteiger charge is -2.32. The lowest BCUT2D eigenvalue weighted by atomic mass is 9.92. The molecule has 1 aliphatic heterocycles. The first-order valence-corrected chi connectivity index (χ1v) is 7.97. The molecule has 1 heterocycles. The summed E-state index contributed by atoms with van der Waals surface area (Å²) in [5, 5.41) is 0. The van der Waals surface area contributed by atoms with Crippen molar-refractivity contribution in [3.63, 3.8) is 0 Å². The van der Waals surface area contributed by atoms with Crippen LogP contribution in [0.1, 0.15) is 29.6 Å². The molecule has 0 unspecified atom stereocenters. The van der Waals surface area contributed by atoms with Crippen molar-refractivity contribution in [2.75, 3.05) is 25.0 Å². The number of alkyl halides is 2. The van der Waals surface area contributed by atoms with Gasteiger partial charge in [-0.1, -0.05) is 6.58 Å². The molecule has 2 fully saturated rings. The Kier molecular flexibility index (Phi) is 3.94. The van der Waals surface area contributed by atoms with Gasteiger partial charge in [-0.3, -0.25) is 9.59 Å². The second kappa shape index (κ2) is 5.69. The van der Waals surface area contributed by atoms with Crippen molar-refractivity contribution in [3.05, 3.63) is 42.5 Å². The summed E-state index contributed by atoms with van der Waals surface area (Å²) < 4.78 is 26.8. The smallest absolute Gasteiger partial charge is 0.254 e. The first-order chi connectivity index (χ1) is 11.3. The van der Waals surface area contributed by atoms with Crippen molar-refractivity contribution in [3.8, 4) is 0 Å². The number of hydrogen-bond donors (Lipinski definition) is 0. The maximum atomic E-state index is 13.4. The SMILES string of the molecule is C=CC(=O)N(C)c1ccc(C(=O)N2CCC3(CC2)CC3(F)F)cc1. The number of carbonyl (C=O) groups is 2. The number of hydrogen-bond acceptors (Lipinski definition) is 2. The third kappa shape index (κ3) is 2.70. The van der Waals surface area contributed by atoms with E-state index in [0.29, 0.717) is 37.2 Å². The molecular formula is C18H20F2N2O2. The minimum atomic E-state index is -2.55. The second-order valence-corrected chi connectivity index (χ2v) is 6.60. The minimum Gasteiger partial charge on any atom is -0.339 e. The van der Waals surface area contributed by atoms with Gasteiger partial charge in [0.05, 0.1) is 0 Å². The predicted octanol–water partition coefficient (Wildman–Crippen LogP) is 3.10. The normalized spacial score (nSPS) is 20.5. The first kappa shape index (κ1) is 16.6. The van der Waals surface area contributed by atoms with E-state index in [2.05, 4.69) is 6.58 Å². The number of amides is 2. The summed E-state index contributed by atoms with van der Waals surface area (Å²) in [5.74, 6) is -2.94. The lowest BCUT2D eigenvalue weighted by Crippen LogP contribution is -2.40. The molecule has 4 nitrogen and oxygen atoms in total. The Morgan fingerprint density at radius 2 is 1.75 bits per heavy atom. The molecule has 24 heavy (non-hydrogen) atoms. The molecule has 0 atom stereocenters. The highest BCUT2D eigenvalue weighted by molar-refractivity contribution is 6.01. The summed E-state index contributed by atoms with van der Waals surface area (Å²) in [5.41, 5.74) is 0.296. The van der Waals surface area contributed by atoms with E-state index >= 15 is 0 Å². The third-order valence-electron chi connectivity index (χ3n) is 5.23. The molecule has 0 bridgehead atoms. The Labute approximate surface area is 139 Å². The number of nitrogens with zero attached hydrogens (tertiary/aromatic N) is 2. The number of piperidine rings is 1. The number of likely N-dealkylation sites (tertiary alicyclic amines) is 1. The van der Waals surface area contributed by atoms with Crippen LogP contribution in [0.5, 0.6) is 0 Å². The predicted molar refractivity (Wildman–Crippen MR) is 87.2 cm³/mol. The maximum Gasteiger partial charge on any atom is 0.254 e. The topological polar surface area (TPSA) is 40.6 Å². The largest absolute Gasteiger partial charge is 0.339 e. The number of rotatable bonds is 3. The van der Waals surface area contributed by atoms with Crippen LogP contribution in [-0.4, -0.2) is 42.8 Å². The van der Waals surface area contributed by atoms with E-state index < -0.39 is 11.3 Å². The van der Waals surface area contributed by atoms with Crippen LogP contribution in [0.4, 0.5) is 14.5 Å². The quantitative estimate of drug-likeness (QED) is 0.797. The van der Waals surface area contributed by atoms with Crippen molar-refractivity contribution in [1.82, 2.24) is 4.90 Å². The van der Waals surface area contributed by atoms with Gasteiger partial charge in [-0.15, -0.1) is 0 Å². The average molecular weight is 334 g/mol. The van der Waals surface area contributed by atoms with Crippen molar-refractivity contribution in [2.24, 2.45) is 5.41 Å². The Hall–Kier alpha value is -2.24. The standard InChI is InChI=1S/C18H20F2N2O2/c1-3-15(23)21(2)14-6-4-13(5-7-14)16(24)22-10-8-17(9-11-22)12-18(17,19)20/h3-7H,1,8-12H2,2H3. The van der Waals surface area contributed by atoms with E-state index in [1.165, 1.54) is 11.0 Å². The summed E-state index contributed by atoms with van der Waals surface area (Å²) in [6.45, 7) is 4.17. The van der Waals surface area contributed by atoms with Crippen molar-refractivity contribution in [1.29, 1.82) is 0 Å². The number of benzene rings is 1. The lowest BCUT2D eigenvalue weighted by molar-refractivity contribution is -0.113. The molecule has 1 spiro atoms. The van der Waals surface area contributed by atoms with Gasteiger partial charge in [0.25, 0.3) is 11.8 Å². The summed E-state index contributed by atoms with van der Waals surface area (Å²) in [6, 6.07) is 6.69. The van der Waals surface area contributed by atoms with Crippen LogP contribution in [0, 0.1) is 5.41 Å². The van der Waals surface area contributed by atoms with E-state index in [1.54, 1.807) is 36.2 Å². The van der Waals surface area contributed by atoms with Gasteiger partial charge in [-0.05, 0) is 43.2 Å². The van der Waals surface area contributed by atoms with E-state index in [1.807, 2.05) is 0 Å². The van der Waals surface area contributed by atoms with Crippen LogP contribution in [0.2, 0.25) is 0 Å². The van der Waals surface area contributed by atoms with Crippen molar-refractivity contribution < 1.29 is 18.4 Å². The molecule has 2 amide bonds. The molecule has 128 valence electrons. The molecule has 1 saturated heterocycles. The molecule has 3 rings (SSSR count). The summed E-state index contributed by atoms with van der Waals surface area (Å²) in [6.07, 6.45) is 1.90. The van der Waals surface area contributed by atoms with Crippen molar-refractivity contribution in [2.45, 2.75) is 25.2 Å². The first-order valence-electron chi connectivity index (χ1n) is 7.97. The Morgan fingerprint density at radius 1 is 1.21 bits per heavy atom. The summed E-state index contributed by atoms with van der Waals surface area (Å²) >= 11 is 0. The van der Waals surface area contributed by atoms with Gasteiger partial charge in [-0.25, -0.2) is 8.78 Å². The molecule has 1 aromatic rings. The average Bonchev–Trinajstić information content (AvgIpc) is 3.13. The zero-order valence-electron chi connectivity index (χ0n) is 13.6. The number of halogens is 2. The Morgan fingerprint density at radius 3 is 2.21 bits per heavy atom. The third-order valence-corrected chi connectivity index (χ3v) is 5.23. The van der Waals surface area contributed by atoms with Gasteiger partial charge < -0.3 is 9.80 Å². The maximum absolute atomic E-state index is 13.4. The van der Waals surface area contributed by atoms with Gasteiger partial charge >= 0.3 is 0 Å². The zero-order chi connectivity index (χ0) is 17.5. The van der Waals surface area contributed by atoms with E-state index in [9.17, 15) is 18.4 Å². The minimum absolute atomic E-state index is 0.0413. The number of carbonyl (C=O) groups excluding carboxylic acids is 2. The monoisotopic (exact) mass is 334 g/mol. The highest BCUT2D eigenvalue weighted by atomic mass is 19.3. The number of anilines is 1. The van der Waals surface area contributed by atoms with E-state index in [0.717, 1.165) is 0 Å². The van der Waals surface area contributed by atoms with Gasteiger partial charge in [-0.2, -0.15) is 0 Å². The van der Waals surface area contributed by atoms with Gasteiger partial charge in [0.1, 0.15) is 0 Å². The second-order valence-electron chi connectivity index (χ2n) is 6.60. The van der Waals surface area contributed by atoms with Crippen molar-refractivity contribution >= 4 is 17.5 Å². The molecule has 0 radical (unpaired) electrons. The van der Waals surface area contributed by atoms with Crippen LogP contribution in [0.25, 0.3) is 0 Å². The fourth-order valence-electron chi connectivity index (χ4n) is 3.34. The van der Waals surface area contributed by atoms with Crippen LogP contribution in [-0.2, 0) is 4.79 Å². The van der Waals surface area contributed by atoms with Gasteiger partial charge in [0.15, 0.2) is 0 Å².